The zero-order valence-electron chi connectivity index (χ0n) is 15.1. The Bertz CT molecular complexity index is 913. The number of amides is 2. The van der Waals surface area contributed by atoms with Gasteiger partial charge < -0.3 is 10.2 Å². The molecule has 2 aliphatic rings. The van der Waals surface area contributed by atoms with Crippen molar-refractivity contribution in [1.82, 2.24) is 24.9 Å². The van der Waals surface area contributed by atoms with Crippen LogP contribution < -0.4 is 10.7 Å². The molecule has 8 nitrogen and oxygen atoms in total. The molecule has 1 saturated heterocycles. The number of hydrogen-bond acceptors (Lipinski definition) is 5. The number of hydrogen-bond donors (Lipinski definition) is 1. The number of fused-ring (bicyclic) bond motifs is 1. The van der Waals surface area contributed by atoms with E-state index in [1.807, 2.05) is 6.07 Å². The van der Waals surface area contributed by atoms with Gasteiger partial charge in [-0.1, -0.05) is 12.1 Å². The summed E-state index contributed by atoms with van der Waals surface area (Å²) in [7, 11) is 0. The molecule has 0 bridgehead atoms. The molecular weight excluding hydrogens is 346 g/mol. The van der Waals surface area contributed by atoms with Gasteiger partial charge in [0.2, 0.25) is 17.2 Å². The largest absolute Gasteiger partial charge is 0.352 e. The lowest BCUT2D eigenvalue weighted by Crippen LogP contribution is -2.52. The quantitative estimate of drug-likeness (QED) is 0.790. The minimum Gasteiger partial charge on any atom is -0.352 e. The lowest BCUT2D eigenvalue weighted by Gasteiger charge is -2.34. The van der Waals surface area contributed by atoms with Gasteiger partial charge >= 0.3 is 0 Å². The summed E-state index contributed by atoms with van der Waals surface area (Å²) in [6.45, 7) is 3.04. The molecule has 27 heavy (non-hydrogen) atoms. The minimum absolute atomic E-state index is 0.0293. The molecule has 8 heteroatoms. The summed E-state index contributed by atoms with van der Waals surface area (Å²) in [5, 5.41) is 7.68. The Hall–Kier alpha value is -2.74. The van der Waals surface area contributed by atoms with Crippen LogP contribution in [0.5, 0.6) is 0 Å². The van der Waals surface area contributed by atoms with E-state index in [2.05, 4.69) is 15.3 Å². The number of nitrogens with zero attached hydrogens (tertiary/aromatic N) is 4. The fraction of sp³-hybridized carbons (Fsp3) is 0.474. The highest BCUT2D eigenvalue weighted by molar-refractivity contribution is 5.82. The molecule has 2 fully saturated rings. The molecule has 0 atom stereocenters. The van der Waals surface area contributed by atoms with Crippen molar-refractivity contribution >= 4 is 22.7 Å². The molecule has 0 unspecified atom stereocenters. The van der Waals surface area contributed by atoms with Gasteiger partial charge in [0, 0.05) is 37.6 Å². The van der Waals surface area contributed by atoms with E-state index in [0.29, 0.717) is 49.7 Å². The van der Waals surface area contributed by atoms with Gasteiger partial charge in [-0.3, -0.25) is 24.0 Å². The molecule has 1 N–H and O–H groups in total. The molecule has 1 aromatic heterocycles. The van der Waals surface area contributed by atoms with Crippen LogP contribution in [-0.4, -0.2) is 70.2 Å². The molecule has 2 amide bonds. The molecule has 0 radical (unpaired) electrons. The van der Waals surface area contributed by atoms with Gasteiger partial charge in [0.1, 0.15) is 6.54 Å². The lowest BCUT2D eigenvalue weighted by molar-refractivity contribution is -0.134. The maximum atomic E-state index is 12.7. The van der Waals surface area contributed by atoms with Crippen LogP contribution in [-0.2, 0) is 16.1 Å². The van der Waals surface area contributed by atoms with Crippen LogP contribution in [0.25, 0.3) is 10.9 Å². The second-order valence-corrected chi connectivity index (χ2v) is 7.18. The van der Waals surface area contributed by atoms with Crippen LogP contribution >= 0.6 is 0 Å². The molecule has 1 aliphatic carbocycles. The molecule has 0 spiro atoms. The fourth-order valence-corrected chi connectivity index (χ4v) is 3.37. The zero-order chi connectivity index (χ0) is 18.8. The van der Waals surface area contributed by atoms with E-state index in [1.165, 1.54) is 6.20 Å². The Morgan fingerprint density at radius 1 is 1.07 bits per heavy atom. The van der Waals surface area contributed by atoms with Gasteiger partial charge in [0.05, 0.1) is 18.3 Å². The lowest BCUT2D eigenvalue weighted by atomic mass is 10.2. The first kappa shape index (κ1) is 17.7. The first-order chi connectivity index (χ1) is 13.1. The summed E-state index contributed by atoms with van der Waals surface area (Å²) in [5.74, 6) is 0.0413. The van der Waals surface area contributed by atoms with Gasteiger partial charge in [-0.05, 0) is 25.0 Å². The van der Waals surface area contributed by atoms with Crippen molar-refractivity contribution in [2.75, 3.05) is 32.7 Å². The number of rotatable bonds is 5. The number of piperazine rings is 1. The van der Waals surface area contributed by atoms with Gasteiger partial charge in [0.25, 0.3) is 0 Å². The second-order valence-electron chi connectivity index (χ2n) is 7.18. The second kappa shape index (κ2) is 7.48. The smallest absolute Gasteiger partial charge is 0.244 e. The van der Waals surface area contributed by atoms with Crippen molar-refractivity contribution in [2.45, 2.75) is 25.4 Å². The average Bonchev–Trinajstić information content (AvgIpc) is 3.48. The Labute approximate surface area is 156 Å². The summed E-state index contributed by atoms with van der Waals surface area (Å²) in [6, 6.07) is 7.55. The number of nitrogens with one attached hydrogen (secondary N) is 1. The fourth-order valence-electron chi connectivity index (χ4n) is 3.37. The van der Waals surface area contributed by atoms with Crippen molar-refractivity contribution in [3.05, 3.63) is 40.7 Å². The molecule has 2 aromatic rings. The average molecular weight is 369 g/mol. The van der Waals surface area contributed by atoms with Crippen molar-refractivity contribution in [3.8, 4) is 0 Å². The van der Waals surface area contributed by atoms with Crippen molar-refractivity contribution in [1.29, 1.82) is 0 Å². The standard InChI is InChI=1S/C19H23N5O3/c25-17-11-20-24(16-4-2-1-3-15(16)17)13-19(27)23-9-7-22(8-10-23)12-18(26)21-14-5-6-14/h1-4,11,14H,5-10,12-13H2,(H,21,26). The van der Waals surface area contributed by atoms with E-state index in [1.54, 1.807) is 27.8 Å². The van der Waals surface area contributed by atoms with E-state index in [-0.39, 0.29) is 23.8 Å². The Morgan fingerprint density at radius 3 is 2.56 bits per heavy atom. The van der Waals surface area contributed by atoms with E-state index in [0.717, 1.165) is 12.8 Å². The first-order valence-electron chi connectivity index (χ1n) is 9.34. The number of aromatic nitrogens is 2. The third kappa shape index (κ3) is 4.16. The number of benzene rings is 1. The Morgan fingerprint density at radius 2 is 1.81 bits per heavy atom. The number of carbonyl (C=O) groups excluding carboxylic acids is 2. The SMILES string of the molecule is O=C(CN1CCN(C(=O)Cn2ncc(=O)c3ccccc32)CC1)NC1CC1. The van der Waals surface area contributed by atoms with Crippen LogP contribution in [0.3, 0.4) is 0 Å². The van der Waals surface area contributed by atoms with Crippen molar-refractivity contribution < 1.29 is 9.59 Å². The highest BCUT2D eigenvalue weighted by Gasteiger charge is 2.26. The van der Waals surface area contributed by atoms with Crippen LogP contribution in [0.15, 0.2) is 35.3 Å². The van der Waals surface area contributed by atoms with Gasteiger partial charge in [-0.25, -0.2) is 0 Å². The number of para-hydroxylation sites is 1. The maximum absolute atomic E-state index is 12.7. The van der Waals surface area contributed by atoms with Crippen molar-refractivity contribution in [2.24, 2.45) is 0 Å². The summed E-state index contributed by atoms with van der Waals surface area (Å²) < 4.78 is 1.58. The van der Waals surface area contributed by atoms with Crippen LogP contribution in [0, 0.1) is 0 Å². The van der Waals surface area contributed by atoms with E-state index >= 15 is 0 Å². The molecule has 1 aliphatic heterocycles. The Balaban J connectivity index is 1.34. The highest BCUT2D eigenvalue weighted by Crippen LogP contribution is 2.18. The summed E-state index contributed by atoms with van der Waals surface area (Å²) in [6.07, 6.45) is 3.43. The van der Waals surface area contributed by atoms with Gasteiger partial charge in [0.15, 0.2) is 0 Å². The monoisotopic (exact) mass is 369 g/mol. The normalized spacial score (nSPS) is 17.9. The zero-order valence-corrected chi connectivity index (χ0v) is 15.1. The van der Waals surface area contributed by atoms with E-state index in [9.17, 15) is 14.4 Å². The predicted octanol–water partition coefficient (Wildman–Crippen LogP) is -0.181. The molecular formula is C19H23N5O3. The molecule has 4 rings (SSSR count). The predicted molar refractivity (Wildman–Crippen MR) is 100 cm³/mol. The molecule has 1 saturated carbocycles. The van der Waals surface area contributed by atoms with E-state index in [4.69, 9.17) is 0 Å². The van der Waals surface area contributed by atoms with Crippen LogP contribution in [0.4, 0.5) is 0 Å². The minimum atomic E-state index is -0.146. The summed E-state index contributed by atoms with van der Waals surface area (Å²) >= 11 is 0. The van der Waals surface area contributed by atoms with Crippen LogP contribution in [0.2, 0.25) is 0 Å². The Kier molecular flexibility index (Phi) is 4.89. The topological polar surface area (TPSA) is 87.5 Å². The third-order valence-electron chi connectivity index (χ3n) is 5.08. The number of carbonyl (C=O) groups is 2. The molecule has 142 valence electrons. The van der Waals surface area contributed by atoms with Gasteiger partial charge in [-0.2, -0.15) is 5.10 Å². The first-order valence-corrected chi connectivity index (χ1v) is 9.34. The summed E-state index contributed by atoms with van der Waals surface area (Å²) in [4.78, 5) is 40.3. The van der Waals surface area contributed by atoms with Crippen LogP contribution in [0.1, 0.15) is 12.8 Å². The summed E-state index contributed by atoms with van der Waals surface area (Å²) in [5.41, 5.74) is 0.515. The molecule has 1 aromatic carbocycles. The van der Waals surface area contributed by atoms with Gasteiger partial charge in [-0.15, -0.1) is 0 Å². The van der Waals surface area contributed by atoms with E-state index < -0.39 is 0 Å². The molecule has 2 heterocycles. The third-order valence-corrected chi connectivity index (χ3v) is 5.08. The maximum Gasteiger partial charge on any atom is 0.244 e. The highest BCUT2D eigenvalue weighted by atomic mass is 16.2. The van der Waals surface area contributed by atoms with Crippen molar-refractivity contribution in [3.63, 3.8) is 0 Å².